The van der Waals surface area contributed by atoms with Gasteiger partial charge in [0.2, 0.25) is 0 Å². The predicted molar refractivity (Wildman–Crippen MR) is 51.8 cm³/mol. The Bertz CT molecular complexity index is 152. The molecule has 0 fully saturated rings. The van der Waals surface area contributed by atoms with Crippen LogP contribution in [0.25, 0.3) is 0 Å². The molecule has 0 aliphatic heterocycles. The molecule has 5 nitrogen and oxygen atoms in total. The minimum absolute atomic E-state index is 0.0139. The lowest BCUT2D eigenvalue weighted by Crippen LogP contribution is -2.30. The third-order valence-electron chi connectivity index (χ3n) is 1.60. The van der Waals surface area contributed by atoms with Crippen molar-refractivity contribution in [1.82, 2.24) is 5.32 Å². The molecule has 0 aliphatic carbocycles. The second kappa shape index (κ2) is 8.93. The third kappa shape index (κ3) is 7.97. The van der Waals surface area contributed by atoms with Gasteiger partial charge in [-0.05, 0) is 19.9 Å². The van der Waals surface area contributed by atoms with Crippen molar-refractivity contribution in [2.75, 3.05) is 26.3 Å². The standard InChI is InChI=1S/C9H19NO4/c1-2-14-9(13)6-8(12)7-10-4-3-5-11/h8,10-12H,2-7H2,1H3. The molecule has 0 bridgehead atoms. The summed E-state index contributed by atoms with van der Waals surface area (Å²) >= 11 is 0. The van der Waals surface area contributed by atoms with Gasteiger partial charge in [0, 0.05) is 13.2 Å². The molecule has 5 heteroatoms. The van der Waals surface area contributed by atoms with Crippen molar-refractivity contribution in [3.05, 3.63) is 0 Å². The number of esters is 1. The van der Waals surface area contributed by atoms with Crippen LogP contribution in [0.4, 0.5) is 0 Å². The summed E-state index contributed by atoms with van der Waals surface area (Å²) in [5.74, 6) is -0.385. The Morgan fingerprint density at radius 2 is 2.29 bits per heavy atom. The van der Waals surface area contributed by atoms with Crippen molar-refractivity contribution < 1.29 is 19.7 Å². The Morgan fingerprint density at radius 1 is 1.57 bits per heavy atom. The fourth-order valence-electron chi connectivity index (χ4n) is 0.957. The average molecular weight is 205 g/mol. The molecule has 0 saturated carbocycles. The summed E-state index contributed by atoms with van der Waals surface area (Å²) in [6.07, 6.45) is -0.0562. The molecule has 0 amide bonds. The van der Waals surface area contributed by atoms with E-state index in [-0.39, 0.29) is 19.0 Å². The van der Waals surface area contributed by atoms with Crippen LogP contribution in [-0.4, -0.2) is 48.6 Å². The van der Waals surface area contributed by atoms with E-state index in [1.807, 2.05) is 0 Å². The van der Waals surface area contributed by atoms with E-state index >= 15 is 0 Å². The second-order valence-electron chi connectivity index (χ2n) is 2.94. The van der Waals surface area contributed by atoms with E-state index in [2.05, 4.69) is 10.1 Å². The minimum atomic E-state index is -0.715. The second-order valence-corrected chi connectivity index (χ2v) is 2.94. The van der Waals surface area contributed by atoms with Gasteiger partial charge in [-0.25, -0.2) is 0 Å². The zero-order chi connectivity index (χ0) is 10.8. The van der Waals surface area contributed by atoms with Gasteiger partial charge in [0.25, 0.3) is 0 Å². The molecule has 1 unspecified atom stereocenters. The SMILES string of the molecule is CCOC(=O)CC(O)CNCCCO. The van der Waals surface area contributed by atoms with Crippen LogP contribution in [0.3, 0.4) is 0 Å². The molecule has 84 valence electrons. The van der Waals surface area contributed by atoms with E-state index < -0.39 is 6.10 Å². The smallest absolute Gasteiger partial charge is 0.308 e. The summed E-state index contributed by atoms with van der Waals surface area (Å²) in [4.78, 5) is 10.9. The number of carbonyl (C=O) groups excluding carboxylic acids is 1. The molecular formula is C9H19NO4. The van der Waals surface area contributed by atoms with Crippen molar-refractivity contribution in [3.63, 3.8) is 0 Å². The van der Waals surface area contributed by atoms with E-state index in [9.17, 15) is 9.90 Å². The van der Waals surface area contributed by atoms with E-state index in [0.29, 0.717) is 26.1 Å². The maximum absolute atomic E-state index is 10.9. The van der Waals surface area contributed by atoms with Crippen LogP contribution in [0.15, 0.2) is 0 Å². The van der Waals surface area contributed by atoms with Gasteiger partial charge >= 0.3 is 5.97 Å². The molecule has 0 saturated heterocycles. The summed E-state index contributed by atoms with van der Waals surface area (Å²) in [6, 6.07) is 0. The van der Waals surface area contributed by atoms with E-state index in [1.54, 1.807) is 6.92 Å². The largest absolute Gasteiger partial charge is 0.466 e. The Balaban J connectivity index is 3.35. The fourth-order valence-corrected chi connectivity index (χ4v) is 0.957. The molecular weight excluding hydrogens is 186 g/mol. The molecule has 1 atom stereocenters. The van der Waals surface area contributed by atoms with Gasteiger partial charge in [-0.1, -0.05) is 0 Å². The van der Waals surface area contributed by atoms with Gasteiger partial charge in [0.15, 0.2) is 0 Å². The highest BCUT2D eigenvalue weighted by atomic mass is 16.5. The van der Waals surface area contributed by atoms with Gasteiger partial charge in [0.05, 0.1) is 19.1 Å². The van der Waals surface area contributed by atoms with Crippen molar-refractivity contribution in [2.45, 2.75) is 25.9 Å². The lowest BCUT2D eigenvalue weighted by Gasteiger charge is -2.10. The molecule has 3 N–H and O–H groups in total. The molecule has 0 aromatic carbocycles. The lowest BCUT2D eigenvalue weighted by molar-refractivity contribution is -0.145. The summed E-state index contributed by atoms with van der Waals surface area (Å²) in [7, 11) is 0. The normalized spacial score (nSPS) is 12.5. The van der Waals surface area contributed by atoms with E-state index in [4.69, 9.17) is 5.11 Å². The van der Waals surface area contributed by atoms with Gasteiger partial charge in [-0.2, -0.15) is 0 Å². The zero-order valence-corrected chi connectivity index (χ0v) is 8.53. The van der Waals surface area contributed by atoms with Crippen LogP contribution < -0.4 is 5.32 Å². The molecule has 0 aromatic rings. The number of carbonyl (C=O) groups is 1. The minimum Gasteiger partial charge on any atom is -0.466 e. The van der Waals surface area contributed by atoms with Crippen molar-refractivity contribution in [3.8, 4) is 0 Å². The number of ether oxygens (including phenoxy) is 1. The first-order valence-corrected chi connectivity index (χ1v) is 4.86. The average Bonchev–Trinajstić information content (AvgIpc) is 2.13. The number of aliphatic hydroxyl groups is 2. The van der Waals surface area contributed by atoms with Gasteiger partial charge < -0.3 is 20.3 Å². The van der Waals surface area contributed by atoms with E-state index in [1.165, 1.54) is 0 Å². The van der Waals surface area contributed by atoms with Gasteiger partial charge in [0.1, 0.15) is 0 Å². The fraction of sp³-hybridized carbons (Fsp3) is 0.889. The van der Waals surface area contributed by atoms with Gasteiger partial charge in [-0.3, -0.25) is 4.79 Å². The maximum Gasteiger partial charge on any atom is 0.308 e. The van der Waals surface area contributed by atoms with Crippen LogP contribution in [0, 0.1) is 0 Å². The van der Waals surface area contributed by atoms with Crippen molar-refractivity contribution in [2.24, 2.45) is 0 Å². The molecule has 0 aromatic heterocycles. The first kappa shape index (κ1) is 13.4. The molecule has 0 heterocycles. The van der Waals surface area contributed by atoms with Crippen LogP contribution in [-0.2, 0) is 9.53 Å². The topological polar surface area (TPSA) is 78.8 Å². The maximum atomic E-state index is 10.9. The zero-order valence-electron chi connectivity index (χ0n) is 8.53. The Labute approximate surface area is 84.1 Å². The lowest BCUT2D eigenvalue weighted by atomic mass is 10.2. The molecule has 0 aliphatic rings. The Hall–Kier alpha value is -0.650. The van der Waals surface area contributed by atoms with Crippen LogP contribution >= 0.6 is 0 Å². The van der Waals surface area contributed by atoms with E-state index in [0.717, 1.165) is 0 Å². The monoisotopic (exact) mass is 205 g/mol. The number of nitrogens with one attached hydrogen (secondary N) is 1. The molecule has 0 rings (SSSR count). The highest BCUT2D eigenvalue weighted by molar-refractivity contribution is 5.69. The highest BCUT2D eigenvalue weighted by Gasteiger charge is 2.10. The Morgan fingerprint density at radius 3 is 2.86 bits per heavy atom. The highest BCUT2D eigenvalue weighted by Crippen LogP contribution is 1.93. The first-order chi connectivity index (χ1) is 6.70. The predicted octanol–water partition coefficient (Wildman–Crippen LogP) is -0.727. The molecule has 14 heavy (non-hydrogen) atoms. The quantitative estimate of drug-likeness (QED) is 0.360. The summed E-state index contributed by atoms with van der Waals surface area (Å²) < 4.78 is 4.67. The summed E-state index contributed by atoms with van der Waals surface area (Å²) in [5, 5.41) is 20.7. The van der Waals surface area contributed by atoms with Crippen molar-refractivity contribution >= 4 is 5.97 Å². The first-order valence-electron chi connectivity index (χ1n) is 4.86. The summed E-state index contributed by atoms with van der Waals surface area (Å²) in [5.41, 5.74) is 0. The number of rotatable bonds is 8. The molecule has 0 radical (unpaired) electrons. The third-order valence-corrected chi connectivity index (χ3v) is 1.60. The molecule has 0 spiro atoms. The van der Waals surface area contributed by atoms with Gasteiger partial charge in [-0.15, -0.1) is 0 Å². The van der Waals surface area contributed by atoms with Crippen LogP contribution in [0.2, 0.25) is 0 Å². The number of hydrogen-bond acceptors (Lipinski definition) is 5. The number of aliphatic hydroxyl groups excluding tert-OH is 2. The number of hydrogen-bond donors (Lipinski definition) is 3. The summed E-state index contributed by atoms with van der Waals surface area (Å²) in [6.45, 7) is 3.17. The van der Waals surface area contributed by atoms with Crippen LogP contribution in [0.1, 0.15) is 19.8 Å². The van der Waals surface area contributed by atoms with Crippen molar-refractivity contribution in [1.29, 1.82) is 0 Å². The Kier molecular flexibility index (Phi) is 8.51. The van der Waals surface area contributed by atoms with Crippen LogP contribution in [0.5, 0.6) is 0 Å².